The number of hydrazine groups is 1. The normalized spacial score (nSPS) is 10.0. The van der Waals surface area contributed by atoms with Crippen LogP contribution in [0.4, 0.5) is 11.5 Å². The first kappa shape index (κ1) is 11.9. The molecule has 0 fully saturated rings. The van der Waals surface area contributed by atoms with Crippen LogP contribution in [0.25, 0.3) is 0 Å². The highest BCUT2D eigenvalue weighted by Crippen LogP contribution is 2.18. The highest BCUT2D eigenvalue weighted by Gasteiger charge is 1.99. The van der Waals surface area contributed by atoms with Gasteiger partial charge in [0.1, 0.15) is 5.82 Å². The molecule has 0 saturated carbocycles. The number of nitrogens with two attached hydrogens (primary N) is 1. The maximum atomic E-state index is 5.30. The Kier molecular flexibility index (Phi) is 3.95. The van der Waals surface area contributed by atoms with E-state index in [2.05, 4.69) is 37.7 Å². The Labute approximate surface area is 108 Å². The van der Waals surface area contributed by atoms with Gasteiger partial charge < -0.3 is 10.7 Å². The molecule has 0 spiro atoms. The minimum atomic E-state index is 0.641. The molecule has 17 heavy (non-hydrogen) atoms. The van der Waals surface area contributed by atoms with Crippen LogP contribution in [0.3, 0.4) is 0 Å². The second-order valence-corrected chi connectivity index (χ2v) is 4.37. The number of nitrogens with one attached hydrogen (secondary N) is 2. The lowest BCUT2D eigenvalue weighted by atomic mass is 10.2. The molecule has 4 nitrogen and oxygen atoms in total. The van der Waals surface area contributed by atoms with Crippen LogP contribution in [-0.4, -0.2) is 4.98 Å². The van der Waals surface area contributed by atoms with Gasteiger partial charge in [-0.15, -0.1) is 0 Å². The smallest absolute Gasteiger partial charge is 0.141 e. The summed E-state index contributed by atoms with van der Waals surface area (Å²) in [4.78, 5) is 4.05. The van der Waals surface area contributed by atoms with Gasteiger partial charge in [0, 0.05) is 29.0 Å². The quantitative estimate of drug-likeness (QED) is 0.599. The molecule has 0 unspecified atom stereocenters. The molecule has 4 N–H and O–H groups in total. The number of nitrogen functional groups attached to an aromatic ring is 1. The van der Waals surface area contributed by atoms with Crippen LogP contribution < -0.4 is 16.6 Å². The zero-order chi connectivity index (χ0) is 12.1. The van der Waals surface area contributed by atoms with Gasteiger partial charge >= 0.3 is 0 Å². The Bertz CT molecular complexity index is 501. The molecule has 0 amide bonds. The van der Waals surface area contributed by atoms with E-state index in [9.17, 15) is 0 Å². The molecule has 0 aliphatic rings. The average molecular weight is 293 g/mol. The molecule has 0 bridgehead atoms. The van der Waals surface area contributed by atoms with Crippen molar-refractivity contribution in [1.82, 2.24) is 4.98 Å². The predicted molar refractivity (Wildman–Crippen MR) is 73.5 cm³/mol. The molecule has 0 aliphatic heterocycles. The number of pyridine rings is 1. The number of benzene rings is 1. The van der Waals surface area contributed by atoms with Crippen molar-refractivity contribution < 1.29 is 0 Å². The monoisotopic (exact) mass is 292 g/mol. The third kappa shape index (κ3) is 3.18. The van der Waals surface area contributed by atoms with Crippen molar-refractivity contribution in [2.24, 2.45) is 5.84 Å². The molecule has 1 aromatic heterocycles. The standard InChI is InChI=1S/C12H13BrN4/c13-11-4-2-1-3-9(11)8-16-10-5-6-15-12(7-10)17-14/h1-7H,8,14H2,(H2,15,16,17). The topological polar surface area (TPSA) is 63.0 Å². The van der Waals surface area contributed by atoms with Crippen molar-refractivity contribution in [2.45, 2.75) is 6.54 Å². The molecule has 5 heteroatoms. The van der Waals surface area contributed by atoms with E-state index in [1.54, 1.807) is 6.20 Å². The highest BCUT2D eigenvalue weighted by atomic mass is 79.9. The van der Waals surface area contributed by atoms with Gasteiger partial charge in [0.15, 0.2) is 0 Å². The first-order valence-electron chi connectivity index (χ1n) is 5.19. The highest BCUT2D eigenvalue weighted by molar-refractivity contribution is 9.10. The van der Waals surface area contributed by atoms with Crippen LogP contribution in [-0.2, 0) is 6.54 Å². The summed E-state index contributed by atoms with van der Waals surface area (Å²) in [6.07, 6.45) is 1.71. The molecule has 1 heterocycles. The summed E-state index contributed by atoms with van der Waals surface area (Å²) in [5.74, 6) is 5.94. The summed E-state index contributed by atoms with van der Waals surface area (Å²) in [7, 11) is 0. The van der Waals surface area contributed by atoms with Crippen molar-refractivity contribution in [1.29, 1.82) is 0 Å². The number of halogens is 1. The van der Waals surface area contributed by atoms with Gasteiger partial charge in [-0.1, -0.05) is 34.1 Å². The Hall–Kier alpha value is -1.59. The van der Waals surface area contributed by atoms with Crippen LogP contribution in [0.2, 0.25) is 0 Å². The number of hydrogen-bond donors (Lipinski definition) is 3. The lowest BCUT2D eigenvalue weighted by molar-refractivity contribution is 1.13. The molecule has 0 aliphatic carbocycles. The molecule has 88 valence electrons. The first-order chi connectivity index (χ1) is 8.29. The molecule has 0 atom stereocenters. The fourth-order valence-corrected chi connectivity index (χ4v) is 1.88. The Balaban J connectivity index is 2.05. The number of anilines is 2. The van der Waals surface area contributed by atoms with Gasteiger partial charge in [0.05, 0.1) is 0 Å². The van der Waals surface area contributed by atoms with E-state index in [1.807, 2.05) is 30.3 Å². The van der Waals surface area contributed by atoms with Gasteiger partial charge in [0.25, 0.3) is 0 Å². The number of aromatic nitrogens is 1. The van der Waals surface area contributed by atoms with Crippen LogP contribution in [0.5, 0.6) is 0 Å². The van der Waals surface area contributed by atoms with E-state index < -0.39 is 0 Å². The van der Waals surface area contributed by atoms with Crippen molar-refractivity contribution in [2.75, 3.05) is 10.7 Å². The van der Waals surface area contributed by atoms with Gasteiger partial charge in [-0.2, -0.15) is 0 Å². The van der Waals surface area contributed by atoms with Crippen molar-refractivity contribution in [3.05, 3.63) is 52.6 Å². The second kappa shape index (κ2) is 5.65. The molecule has 2 rings (SSSR count). The second-order valence-electron chi connectivity index (χ2n) is 3.52. The summed E-state index contributed by atoms with van der Waals surface area (Å²) in [6.45, 7) is 0.745. The fraction of sp³-hybridized carbons (Fsp3) is 0.0833. The maximum absolute atomic E-state index is 5.30. The Morgan fingerprint density at radius 3 is 2.82 bits per heavy atom. The van der Waals surface area contributed by atoms with Crippen LogP contribution in [0, 0.1) is 0 Å². The third-order valence-corrected chi connectivity index (χ3v) is 3.12. The summed E-state index contributed by atoms with van der Waals surface area (Å²) in [6, 6.07) is 11.9. The van der Waals surface area contributed by atoms with Gasteiger partial charge in [0.2, 0.25) is 0 Å². The van der Waals surface area contributed by atoms with E-state index in [4.69, 9.17) is 5.84 Å². The number of nitrogens with zero attached hydrogens (tertiary/aromatic N) is 1. The van der Waals surface area contributed by atoms with Crippen molar-refractivity contribution in [3.63, 3.8) is 0 Å². The van der Waals surface area contributed by atoms with Gasteiger partial charge in [-0.25, -0.2) is 10.8 Å². The SMILES string of the molecule is NNc1cc(NCc2ccccc2Br)ccn1. The van der Waals surface area contributed by atoms with E-state index >= 15 is 0 Å². The van der Waals surface area contributed by atoms with E-state index in [1.165, 1.54) is 5.56 Å². The summed E-state index contributed by atoms with van der Waals surface area (Å²) < 4.78 is 1.10. The average Bonchev–Trinajstić information content (AvgIpc) is 2.38. The van der Waals surface area contributed by atoms with Gasteiger partial charge in [-0.3, -0.25) is 0 Å². The van der Waals surface area contributed by atoms with Crippen LogP contribution in [0.1, 0.15) is 5.56 Å². The van der Waals surface area contributed by atoms with Crippen molar-refractivity contribution in [3.8, 4) is 0 Å². The fourth-order valence-electron chi connectivity index (χ4n) is 1.46. The van der Waals surface area contributed by atoms with Crippen molar-refractivity contribution >= 4 is 27.4 Å². The first-order valence-corrected chi connectivity index (χ1v) is 5.99. The molecule has 1 aromatic carbocycles. The molecule has 0 radical (unpaired) electrons. The zero-order valence-corrected chi connectivity index (χ0v) is 10.7. The summed E-state index contributed by atoms with van der Waals surface area (Å²) in [5.41, 5.74) is 4.69. The predicted octanol–water partition coefficient (Wildman–Crippen LogP) is 2.74. The molecular formula is C12H13BrN4. The minimum absolute atomic E-state index is 0.641. The lowest BCUT2D eigenvalue weighted by Gasteiger charge is -2.09. The largest absolute Gasteiger partial charge is 0.381 e. The summed E-state index contributed by atoms with van der Waals surface area (Å²) in [5, 5.41) is 3.31. The van der Waals surface area contributed by atoms with Crippen LogP contribution >= 0.6 is 15.9 Å². The third-order valence-electron chi connectivity index (χ3n) is 2.35. The molecular weight excluding hydrogens is 280 g/mol. The minimum Gasteiger partial charge on any atom is -0.381 e. The summed E-state index contributed by atoms with van der Waals surface area (Å²) >= 11 is 3.51. The molecule has 0 saturated heterocycles. The maximum Gasteiger partial charge on any atom is 0.141 e. The van der Waals surface area contributed by atoms with Crippen LogP contribution in [0.15, 0.2) is 47.1 Å². The van der Waals surface area contributed by atoms with E-state index in [0.717, 1.165) is 16.7 Å². The van der Waals surface area contributed by atoms with E-state index in [0.29, 0.717) is 5.82 Å². The Morgan fingerprint density at radius 1 is 1.24 bits per heavy atom. The number of hydrogen-bond acceptors (Lipinski definition) is 4. The van der Waals surface area contributed by atoms with E-state index in [-0.39, 0.29) is 0 Å². The lowest BCUT2D eigenvalue weighted by Crippen LogP contribution is -2.09. The zero-order valence-electron chi connectivity index (χ0n) is 9.15. The van der Waals surface area contributed by atoms with Gasteiger partial charge in [-0.05, 0) is 17.7 Å². The Morgan fingerprint density at radius 2 is 2.06 bits per heavy atom. The molecule has 2 aromatic rings. The number of rotatable bonds is 4.